The van der Waals surface area contributed by atoms with E-state index < -0.39 is 80.7 Å². The SMILES string of the molecule is CC(C)CC(NC(=O)C(CCCN=C(N)NOP(=O)(O)OC[C@H]1O[C@@H](n2ccc(N)nc2=O)[C@H](O)[C@@H]1O)NC(=O)OCC1c2ccccc2-c2ccccc21)C(=O)OCc1ccccc1. The van der Waals surface area contributed by atoms with Crippen LogP contribution in [0.2, 0.25) is 0 Å². The Balaban J connectivity index is 1.04. The molecule has 7 atom stereocenters. The summed E-state index contributed by atoms with van der Waals surface area (Å²) in [6.07, 6.45) is -5.35. The summed E-state index contributed by atoms with van der Waals surface area (Å²) in [6.45, 7) is 2.92. The molecule has 0 saturated carbocycles. The van der Waals surface area contributed by atoms with Gasteiger partial charge in [-0.3, -0.25) is 18.9 Å². The number of aliphatic hydroxyl groups is 2. The van der Waals surface area contributed by atoms with Crippen LogP contribution in [-0.4, -0.2) is 98.7 Å². The number of rotatable bonds is 20. The van der Waals surface area contributed by atoms with Gasteiger partial charge in [-0.1, -0.05) is 92.7 Å². The molecule has 3 unspecified atom stereocenters. The van der Waals surface area contributed by atoms with Crippen molar-refractivity contribution >= 4 is 37.6 Å². The molecule has 0 spiro atoms. The number of carbonyl (C=O) groups is 3. The predicted octanol–water partition coefficient (Wildman–Crippen LogP) is 2.36. The molecule has 3 aromatic carbocycles. The number of phosphoric acid groups is 1. The second-order valence-corrected chi connectivity index (χ2v) is 17.1. The number of aliphatic imine (C=N–C) groups is 1. The Kier molecular flexibility index (Phi) is 16.4. The van der Waals surface area contributed by atoms with Gasteiger partial charge in [0.2, 0.25) is 11.9 Å². The minimum absolute atomic E-state index is 0.00390. The fraction of sp³-hybridized carbons (Fsp3) is 0.395. The maximum atomic E-state index is 13.9. The number of aromatic nitrogens is 2. The first-order valence-electron chi connectivity index (χ1n) is 20.8. The van der Waals surface area contributed by atoms with E-state index in [4.69, 9.17) is 34.8 Å². The molecule has 65 heavy (non-hydrogen) atoms. The van der Waals surface area contributed by atoms with Crippen LogP contribution in [-0.2, 0) is 44.1 Å². The molecule has 2 aliphatic rings. The first-order chi connectivity index (χ1) is 31.1. The van der Waals surface area contributed by atoms with E-state index in [-0.39, 0.29) is 56.7 Å². The van der Waals surface area contributed by atoms with Gasteiger partial charge < -0.3 is 51.4 Å². The quantitative estimate of drug-likeness (QED) is 0.0158. The topological polar surface area (TPSA) is 310 Å². The van der Waals surface area contributed by atoms with E-state index in [9.17, 15) is 38.8 Å². The van der Waals surface area contributed by atoms with E-state index >= 15 is 0 Å². The van der Waals surface area contributed by atoms with Crippen LogP contribution in [0.1, 0.15) is 61.9 Å². The maximum absolute atomic E-state index is 13.9. The molecule has 4 aromatic rings. The van der Waals surface area contributed by atoms with Crippen LogP contribution in [0.4, 0.5) is 10.6 Å². The smallest absolute Gasteiger partial charge is 0.459 e. The van der Waals surface area contributed by atoms with Gasteiger partial charge >= 0.3 is 25.6 Å². The number of esters is 1. The second kappa shape index (κ2) is 22.1. The van der Waals surface area contributed by atoms with E-state index in [1.54, 1.807) is 12.1 Å². The molecular formula is C43H53N8O13P. The minimum atomic E-state index is -4.94. The first-order valence-corrected chi connectivity index (χ1v) is 22.3. The Morgan fingerprint density at radius 2 is 1.57 bits per heavy atom. The predicted molar refractivity (Wildman–Crippen MR) is 234 cm³/mol. The second-order valence-electron chi connectivity index (χ2n) is 15.8. The number of guanidine groups is 1. The molecule has 1 aliphatic carbocycles. The number of ether oxygens (including phenoxy) is 3. The van der Waals surface area contributed by atoms with Gasteiger partial charge in [-0.15, -0.1) is 0 Å². The third kappa shape index (κ3) is 13.0. The Morgan fingerprint density at radius 3 is 2.23 bits per heavy atom. The third-order valence-electron chi connectivity index (χ3n) is 10.5. The van der Waals surface area contributed by atoms with Crippen molar-refractivity contribution in [2.24, 2.45) is 16.6 Å². The Hall–Kier alpha value is -6.19. The first kappa shape index (κ1) is 48.3. The third-order valence-corrected chi connectivity index (χ3v) is 11.3. The van der Waals surface area contributed by atoms with Crippen LogP contribution >= 0.6 is 7.82 Å². The zero-order valence-corrected chi connectivity index (χ0v) is 36.5. The lowest BCUT2D eigenvalue weighted by atomic mass is 9.98. The van der Waals surface area contributed by atoms with Gasteiger partial charge in [-0.2, -0.15) is 9.61 Å². The number of benzene rings is 3. The van der Waals surface area contributed by atoms with Gasteiger partial charge in [0, 0.05) is 18.7 Å². The number of hydrogen-bond donors (Lipinski definition) is 8. The van der Waals surface area contributed by atoms with Crippen molar-refractivity contribution in [3.05, 3.63) is 118 Å². The van der Waals surface area contributed by atoms with E-state index in [1.165, 1.54) is 12.3 Å². The summed E-state index contributed by atoms with van der Waals surface area (Å²) in [4.78, 5) is 70.6. The van der Waals surface area contributed by atoms with Gasteiger partial charge in [0.25, 0.3) is 0 Å². The number of hydrogen-bond acceptors (Lipinski definition) is 15. The van der Waals surface area contributed by atoms with E-state index in [1.807, 2.05) is 86.1 Å². The molecule has 2 heterocycles. The van der Waals surface area contributed by atoms with E-state index in [2.05, 4.69) is 20.6 Å². The largest absolute Gasteiger partial charge is 0.493 e. The molecule has 21 nitrogen and oxygen atoms in total. The number of nitrogen functional groups attached to an aromatic ring is 1. The molecule has 10 N–H and O–H groups in total. The number of nitrogens with zero attached hydrogens (tertiary/aromatic N) is 3. The van der Waals surface area contributed by atoms with Crippen molar-refractivity contribution in [1.29, 1.82) is 0 Å². The summed E-state index contributed by atoms with van der Waals surface area (Å²) in [6, 6.07) is 23.8. The number of hydroxylamine groups is 1. The zero-order valence-electron chi connectivity index (χ0n) is 35.6. The van der Waals surface area contributed by atoms with E-state index in [0.717, 1.165) is 32.4 Å². The number of fused-ring (bicyclic) bond motifs is 3. The molecule has 22 heteroatoms. The lowest BCUT2D eigenvalue weighted by Crippen LogP contribution is -2.52. The van der Waals surface area contributed by atoms with Crippen molar-refractivity contribution in [3.8, 4) is 11.1 Å². The minimum Gasteiger partial charge on any atom is -0.459 e. The molecule has 2 amide bonds. The summed E-state index contributed by atoms with van der Waals surface area (Å²) in [5.74, 6) is -2.12. The molecule has 1 aliphatic heterocycles. The highest BCUT2D eigenvalue weighted by molar-refractivity contribution is 7.47. The number of phosphoric ester groups is 1. The molecule has 0 radical (unpaired) electrons. The summed E-state index contributed by atoms with van der Waals surface area (Å²) >= 11 is 0. The normalized spacial score (nSPS) is 19.9. The van der Waals surface area contributed by atoms with Crippen LogP contribution < -0.4 is 33.3 Å². The molecule has 1 fully saturated rings. The molecule has 0 bridgehead atoms. The van der Waals surface area contributed by atoms with Crippen LogP contribution in [0, 0.1) is 5.92 Å². The van der Waals surface area contributed by atoms with Crippen LogP contribution in [0.5, 0.6) is 0 Å². The van der Waals surface area contributed by atoms with Gasteiger partial charge in [-0.05, 0) is 59.1 Å². The van der Waals surface area contributed by atoms with Crippen molar-refractivity contribution in [2.75, 3.05) is 25.5 Å². The summed E-state index contributed by atoms with van der Waals surface area (Å²) < 4.78 is 39.9. The number of alkyl carbamates (subject to hydrolysis) is 1. The summed E-state index contributed by atoms with van der Waals surface area (Å²) in [5.41, 5.74) is 17.3. The number of carbonyl (C=O) groups excluding carboxylic acids is 3. The highest BCUT2D eigenvalue weighted by atomic mass is 31.2. The van der Waals surface area contributed by atoms with Crippen LogP contribution in [0.15, 0.2) is 101 Å². The molecule has 1 saturated heterocycles. The Morgan fingerprint density at radius 1 is 0.908 bits per heavy atom. The lowest BCUT2D eigenvalue weighted by molar-refractivity contribution is -0.149. The van der Waals surface area contributed by atoms with Gasteiger partial charge in [0.15, 0.2) is 6.23 Å². The van der Waals surface area contributed by atoms with Crippen molar-refractivity contribution < 1.29 is 57.4 Å². The monoisotopic (exact) mass is 920 g/mol. The van der Waals surface area contributed by atoms with Crippen molar-refractivity contribution in [3.63, 3.8) is 0 Å². The maximum Gasteiger partial charge on any atom is 0.493 e. The number of nitrogens with one attached hydrogen (secondary N) is 3. The molecule has 1 aromatic heterocycles. The number of anilines is 1. The van der Waals surface area contributed by atoms with Crippen molar-refractivity contribution in [1.82, 2.24) is 25.7 Å². The molecule has 6 rings (SSSR count). The van der Waals surface area contributed by atoms with Crippen LogP contribution in [0.25, 0.3) is 11.1 Å². The molecular weight excluding hydrogens is 867 g/mol. The highest BCUT2D eigenvalue weighted by Crippen LogP contribution is 2.45. The average molecular weight is 921 g/mol. The summed E-state index contributed by atoms with van der Waals surface area (Å²) in [5, 5.41) is 26.2. The van der Waals surface area contributed by atoms with Crippen molar-refractivity contribution in [2.45, 2.75) is 82.3 Å². The van der Waals surface area contributed by atoms with Gasteiger partial charge in [0.05, 0.1) is 6.61 Å². The highest BCUT2D eigenvalue weighted by Gasteiger charge is 2.45. The Labute approximate surface area is 373 Å². The lowest BCUT2D eigenvalue weighted by Gasteiger charge is -2.24. The molecule has 348 valence electrons. The fourth-order valence-corrected chi connectivity index (χ4v) is 7.98. The number of nitrogens with two attached hydrogens (primary N) is 2. The zero-order chi connectivity index (χ0) is 46.7. The van der Waals surface area contributed by atoms with Crippen LogP contribution in [0.3, 0.4) is 0 Å². The number of amides is 2. The standard InChI is InChI=1S/C43H53N8O13P/c1-25(2)21-33(40(55)60-22-26-11-4-3-5-12-26)47-38(54)32(48-43(57)61-23-31-29-15-8-6-13-27(29)28-14-7-9-16-30(28)31)17-10-19-46-41(45)50-64-65(58,59)62-24-34-36(52)37(53)39(63-34)51-20-18-35(44)49-42(51)56/h3-9,11-16,18,20,25,31-34,36-37,39,52-53H,10,17,19,21-24H2,1-2H3,(H,47,54)(H,48,57)(H,58,59)(H2,44,49,56)(H3,45,46,50)/t32?,33?,34-,36-,37-,39-/m1/s1. The Bertz CT molecular complexity index is 2380. The van der Waals surface area contributed by atoms with Gasteiger partial charge in [0.1, 0.15) is 49.4 Å². The average Bonchev–Trinajstić information content (AvgIpc) is 3.76. The fourth-order valence-electron chi connectivity index (χ4n) is 7.38. The van der Waals surface area contributed by atoms with E-state index in [0.29, 0.717) is 0 Å². The van der Waals surface area contributed by atoms with Gasteiger partial charge in [-0.25, -0.2) is 24.4 Å². The summed E-state index contributed by atoms with van der Waals surface area (Å²) in [7, 11) is -4.94. The number of aliphatic hydroxyl groups excluding tert-OH is 2.